The van der Waals surface area contributed by atoms with Crippen molar-refractivity contribution in [3.63, 3.8) is 0 Å². The van der Waals surface area contributed by atoms with Gasteiger partial charge in [0.05, 0.1) is 13.2 Å². The van der Waals surface area contributed by atoms with Gasteiger partial charge in [-0.3, -0.25) is 9.05 Å². The first-order chi connectivity index (χ1) is 8.73. The number of rotatable bonds is 10. The van der Waals surface area contributed by atoms with Crippen LogP contribution in [0.1, 0.15) is 54.4 Å². The van der Waals surface area contributed by atoms with Gasteiger partial charge in [-0.15, -0.1) is 0 Å². The predicted octanol–water partition coefficient (Wildman–Crippen LogP) is 4.48. The van der Waals surface area contributed by atoms with Gasteiger partial charge in [-0.2, -0.15) is 0 Å². The third-order valence-electron chi connectivity index (χ3n) is 4.23. The van der Waals surface area contributed by atoms with Crippen LogP contribution in [0.4, 0.5) is 0 Å². The smallest absolute Gasteiger partial charge is 0.302 e. The molecule has 0 saturated carbocycles. The molecule has 0 bridgehead atoms. The second kappa shape index (κ2) is 9.12. The summed E-state index contributed by atoms with van der Waals surface area (Å²) >= 11 is 0. The molecular weight excluding hydrogens is 263 g/mol. The molecule has 0 heterocycles. The molecule has 0 aromatic rings. The molecule has 116 valence electrons. The predicted molar refractivity (Wildman–Crippen MR) is 79.0 cm³/mol. The third-order valence-corrected chi connectivity index (χ3v) is 5.18. The van der Waals surface area contributed by atoms with Gasteiger partial charge in [0.1, 0.15) is 0 Å². The van der Waals surface area contributed by atoms with Crippen LogP contribution in [0.25, 0.3) is 0 Å². The molecule has 0 saturated heterocycles. The molecule has 0 fully saturated rings. The van der Waals surface area contributed by atoms with Crippen molar-refractivity contribution < 1.29 is 18.5 Å². The van der Waals surface area contributed by atoms with Gasteiger partial charge in [-0.25, -0.2) is 4.57 Å². The van der Waals surface area contributed by atoms with Gasteiger partial charge in [-0.05, 0) is 23.7 Å². The molecule has 0 aliphatic rings. The highest BCUT2D eigenvalue weighted by Crippen LogP contribution is 2.44. The highest BCUT2D eigenvalue weighted by molar-refractivity contribution is 7.47. The zero-order valence-corrected chi connectivity index (χ0v) is 14.2. The molecule has 0 aliphatic carbocycles. The van der Waals surface area contributed by atoms with E-state index in [1.807, 2.05) is 13.8 Å². The van der Waals surface area contributed by atoms with Crippen molar-refractivity contribution in [1.29, 1.82) is 0 Å². The fourth-order valence-corrected chi connectivity index (χ4v) is 2.52. The van der Waals surface area contributed by atoms with Gasteiger partial charge in [-0.1, -0.05) is 54.4 Å². The van der Waals surface area contributed by atoms with Gasteiger partial charge in [0.15, 0.2) is 0 Å². The Kier molecular flexibility index (Phi) is 9.17. The molecular formula is C14H31O4P. The first kappa shape index (κ1) is 19.1. The Morgan fingerprint density at radius 1 is 0.842 bits per heavy atom. The molecule has 5 heteroatoms. The maximum absolute atomic E-state index is 11.8. The van der Waals surface area contributed by atoms with Gasteiger partial charge >= 0.3 is 7.82 Å². The van der Waals surface area contributed by atoms with E-state index in [1.54, 1.807) is 0 Å². The average molecular weight is 294 g/mol. The van der Waals surface area contributed by atoms with E-state index in [0.717, 1.165) is 12.8 Å². The second-order valence-electron chi connectivity index (χ2n) is 5.79. The summed E-state index contributed by atoms with van der Waals surface area (Å²) in [7, 11) is -3.90. The summed E-state index contributed by atoms with van der Waals surface area (Å²) in [6, 6.07) is 0. The number of hydrogen-bond donors (Lipinski definition) is 1. The fraction of sp³-hybridized carbons (Fsp3) is 1.00. The van der Waals surface area contributed by atoms with Crippen LogP contribution in [-0.2, 0) is 13.6 Å². The maximum atomic E-state index is 11.8. The Morgan fingerprint density at radius 2 is 1.16 bits per heavy atom. The molecule has 0 spiro atoms. The summed E-state index contributed by atoms with van der Waals surface area (Å²) < 4.78 is 21.9. The molecule has 0 amide bonds. The van der Waals surface area contributed by atoms with E-state index < -0.39 is 7.82 Å². The lowest BCUT2D eigenvalue weighted by Gasteiger charge is -2.22. The lowest BCUT2D eigenvalue weighted by molar-refractivity contribution is 0.102. The van der Waals surface area contributed by atoms with Gasteiger partial charge in [0.2, 0.25) is 0 Å². The summed E-state index contributed by atoms with van der Waals surface area (Å²) in [5.74, 6) is 1.44. The topological polar surface area (TPSA) is 55.8 Å². The minimum Gasteiger partial charge on any atom is -0.302 e. The molecule has 0 rings (SSSR count). The molecule has 4 nitrogen and oxygen atoms in total. The summed E-state index contributed by atoms with van der Waals surface area (Å²) in [6.07, 6.45) is 2.07. The largest absolute Gasteiger partial charge is 0.472 e. The van der Waals surface area contributed by atoms with Crippen LogP contribution >= 0.6 is 7.82 Å². The molecule has 0 aliphatic heterocycles. The Labute approximate surface area is 118 Å². The van der Waals surface area contributed by atoms with E-state index in [-0.39, 0.29) is 25.0 Å². The molecule has 1 N–H and O–H groups in total. The quantitative estimate of drug-likeness (QED) is 0.603. The monoisotopic (exact) mass is 294 g/mol. The zero-order valence-electron chi connectivity index (χ0n) is 13.3. The van der Waals surface area contributed by atoms with E-state index >= 15 is 0 Å². The van der Waals surface area contributed by atoms with Crippen molar-refractivity contribution in [2.45, 2.75) is 54.4 Å². The van der Waals surface area contributed by atoms with E-state index in [4.69, 9.17) is 9.05 Å². The normalized spacial score (nSPS) is 21.4. The first-order valence-corrected chi connectivity index (χ1v) is 8.84. The fourth-order valence-electron chi connectivity index (χ4n) is 1.59. The van der Waals surface area contributed by atoms with Crippen molar-refractivity contribution >= 4 is 7.82 Å². The average Bonchev–Trinajstić information content (AvgIpc) is 2.40. The molecule has 19 heavy (non-hydrogen) atoms. The van der Waals surface area contributed by atoms with Gasteiger partial charge in [0.25, 0.3) is 0 Å². The summed E-state index contributed by atoms with van der Waals surface area (Å²) in [5.41, 5.74) is 0. The zero-order chi connectivity index (χ0) is 15.1. The van der Waals surface area contributed by atoms with Crippen LogP contribution in [-0.4, -0.2) is 18.1 Å². The highest BCUT2D eigenvalue weighted by Gasteiger charge is 2.25. The van der Waals surface area contributed by atoms with Crippen LogP contribution in [0.3, 0.4) is 0 Å². The number of phosphoric ester groups is 1. The minimum atomic E-state index is -3.90. The molecule has 0 aromatic carbocycles. The third kappa shape index (κ3) is 8.09. The molecule has 4 unspecified atom stereocenters. The van der Waals surface area contributed by atoms with E-state index in [0.29, 0.717) is 11.8 Å². The van der Waals surface area contributed by atoms with Crippen molar-refractivity contribution in [3.8, 4) is 0 Å². The maximum Gasteiger partial charge on any atom is 0.472 e. The Hall–Kier alpha value is 0.110. The second-order valence-corrected chi connectivity index (χ2v) is 7.24. The Balaban J connectivity index is 4.08. The van der Waals surface area contributed by atoms with E-state index in [1.165, 1.54) is 0 Å². The SMILES string of the molecule is CCC(C)C(C)COP(=O)(O)OCC(C)C(C)CC. The van der Waals surface area contributed by atoms with Gasteiger partial charge in [0, 0.05) is 0 Å². The van der Waals surface area contributed by atoms with Crippen molar-refractivity contribution in [3.05, 3.63) is 0 Å². The summed E-state index contributed by atoms with van der Waals surface area (Å²) in [5, 5.41) is 0. The Bertz CT molecular complexity index is 259. The first-order valence-electron chi connectivity index (χ1n) is 7.35. The van der Waals surface area contributed by atoms with Crippen molar-refractivity contribution in [1.82, 2.24) is 0 Å². The standard InChI is InChI=1S/C14H31O4P/c1-7-11(3)13(5)9-17-19(15,16)18-10-14(6)12(4)8-2/h11-14H,7-10H2,1-6H3,(H,15,16). The van der Waals surface area contributed by atoms with Crippen LogP contribution < -0.4 is 0 Å². The molecule has 4 atom stereocenters. The van der Waals surface area contributed by atoms with Crippen LogP contribution in [0.5, 0.6) is 0 Å². The summed E-state index contributed by atoms with van der Waals surface area (Å²) in [6.45, 7) is 13.0. The number of hydrogen-bond acceptors (Lipinski definition) is 3. The highest BCUT2D eigenvalue weighted by atomic mass is 31.2. The van der Waals surface area contributed by atoms with E-state index in [2.05, 4.69) is 27.7 Å². The van der Waals surface area contributed by atoms with E-state index in [9.17, 15) is 9.46 Å². The van der Waals surface area contributed by atoms with Crippen LogP contribution in [0.15, 0.2) is 0 Å². The lowest BCUT2D eigenvalue weighted by atomic mass is 9.95. The minimum absolute atomic E-state index is 0.251. The lowest BCUT2D eigenvalue weighted by Crippen LogP contribution is -2.16. The molecule has 0 aromatic heterocycles. The van der Waals surface area contributed by atoms with Gasteiger partial charge < -0.3 is 4.89 Å². The Morgan fingerprint density at radius 3 is 1.42 bits per heavy atom. The van der Waals surface area contributed by atoms with Crippen molar-refractivity contribution in [2.75, 3.05) is 13.2 Å². The van der Waals surface area contributed by atoms with Crippen molar-refractivity contribution in [2.24, 2.45) is 23.7 Å². The number of phosphoric acid groups is 1. The summed E-state index contributed by atoms with van der Waals surface area (Å²) in [4.78, 5) is 9.63. The van der Waals surface area contributed by atoms with Crippen LogP contribution in [0, 0.1) is 23.7 Å². The molecule has 0 radical (unpaired) electrons. The van der Waals surface area contributed by atoms with Crippen LogP contribution in [0.2, 0.25) is 0 Å².